The van der Waals surface area contributed by atoms with E-state index in [9.17, 15) is 13.6 Å². The first-order valence-corrected chi connectivity index (χ1v) is 10.6. The van der Waals surface area contributed by atoms with Crippen molar-refractivity contribution < 1.29 is 18.3 Å². The number of alkyl halides is 1. The van der Waals surface area contributed by atoms with Crippen molar-refractivity contribution >= 4 is 12.3 Å². The van der Waals surface area contributed by atoms with Gasteiger partial charge in [0.25, 0.3) is 0 Å². The third-order valence-electron chi connectivity index (χ3n) is 5.19. The zero-order valence-corrected chi connectivity index (χ0v) is 18.0. The fourth-order valence-corrected chi connectivity index (χ4v) is 3.70. The van der Waals surface area contributed by atoms with Crippen molar-refractivity contribution in [1.82, 2.24) is 15.5 Å². The Hall–Kier alpha value is -2.38. The van der Waals surface area contributed by atoms with E-state index in [1.54, 1.807) is 11.1 Å². The average molecular weight is 423 g/mol. The van der Waals surface area contributed by atoms with E-state index in [-0.39, 0.29) is 18.6 Å². The standard InChI is InChI=1S/C22H32F2N4O2/c1-22(2,3)30-21(29)28-6-4-15(5-7-28)12-26-19-11-20(14-25-13-19)27-18-9-16(23)8-17(24)10-18/h9-11,13,15-16,20,26-27H,4-8,12,14H2,1-3H3. The minimum absolute atomic E-state index is 0.118. The molecule has 0 aromatic carbocycles. The Balaban J connectivity index is 1.44. The number of halogens is 2. The number of piperidine rings is 1. The highest BCUT2D eigenvalue weighted by Crippen LogP contribution is 2.21. The third-order valence-corrected chi connectivity index (χ3v) is 5.19. The molecule has 1 fully saturated rings. The molecule has 0 bridgehead atoms. The number of rotatable bonds is 5. The number of dihydropyridines is 1. The van der Waals surface area contributed by atoms with E-state index >= 15 is 0 Å². The summed E-state index contributed by atoms with van der Waals surface area (Å²) in [5.74, 6) is 0.00330. The lowest BCUT2D eigenvalue weighted by Gasteiger charge is -2.33. The molecule has 0 saturated carbocycles. The maximum atomic E-state index is 13.5. The molecular weight excluding hydrogens is 390 g/mol. The van der Waals surface area contributed by atoms with Crippen LogP contribution in [-0.4, -0.2) is 61.2 Å². The number of hydrogen-bond donors (Lipinski definition) is 2. The van der Waals surface area contributed by atoms with Crippen LogP contribution in [-0.2, 0) is 4.74 Å². The van der Waals surface area contributed by atoms with Crippen molar-refractivity contribution in [2.45, 2.75) is 57.8 Å². The molecule has 2 heterocycles. The number of amides is 1. The van der Waals surface area contributed by atoms with E-state index in [1.807, 2.05) is 26.8 Å². The molecule has 1 aliphatic carbocycles. The van der Waals surface area contributed by atoms with Gasteiger partial charge in [0.15, 0.2) is 0 Å². The minimum atomic E-state index is -1.29. The van der Waals surface area contributed by atoms with E-state index in [4.69, 9.17) is 4.74 Å². The summed E-state index contributed by atoms with van der Waals surface area (Å²) in [5, 5.41) is 6.55. The highest BCUT2D eigenvalue weighted by molar-refractivity contribution is 5.79. The quantitative estimate of drug-likeness (QED) is 0.710. The molecule has 30 heavy (non-hydrogen) atoms. The number of carbonyl (C=O) groups is 1. The number of aliphatic imine (C=N–C) groups is 1. The van der Waals surface area contributed by atoms with Crippen LogP contribution >= 0.6 is 0 Å². The van der Waals surface area contributed by atoms with Crippen LogP contribution in [0.2, 0.25) is 0 Å². The number of nitrogens with zero attached hydrogens (tertiary/aromatic N) is 2. The normalized spacial score (nSPS) is 25.2. The van der Waals surface area contributed by atoms with Crippen LogP contribution in [0.25, 0.3) is 0 Å². The van der Waals surface area contributed by atoms with Gasteiger partial charge in [0.2, 0.25) is 0 Å². The monoisotopic (exact) mass is 422 g/mol. The second kappa shape index (κ2) is 9.62. The fraction of sp³-hybridized carbons (Fsp3) is 0.636. The zero-order valence-electron chi connectivity index (χ0n) is 18.0. The molecule has 1 saturated heterocycles. The van der Waals surface area contributed by atoms with Gasteiger partial charge in [-0.3, -0.25) is 4.99 Å². The van der Waals surface area contributed by atoms with Crippen molar-refractivity contribution in [1.29, 1.82) is 0 Å². The summed E-state index contributed by atoms with van der Waals surface area (Å²) in [6, 6.07) is -0.118. The van der Waals surface area contributed by atoms with Gasteiger partial charge in [-0.05, 0) is 57.8 Å². The molecule has 8 heteroatoms. The lowest BCUT2D eigenvalue weighted by molar-refractivity contribution is 0.0185. The molecule has 0 aromatic heterocycles. The summed E-state index contributed by atoms with van der Waals surface area (Å²) in [6.45, 7) is 8.30. The molecule has 2 unspecified atom stereocenters. The highest BCUT2D eigenvalue weighted by atomic mass is 19.1. The molecule has 2 atom stereocenters. The topological polar surface area (TPSA) is 66.0 Å². The summed E-state index contributed by atoms with van der Waals surface area (Å²) >= 11 is 0. The zero-order chi connectivity index (χ0) is 21.7. The molecule has 0 radical (unpaired) electrons. The van der Waals surface area contributed by atoms with Gasteiger partial charge in [-0.15, -0.1) is 0 Å². The van der Waals surface area contributed by atoms with Gasteiger partial charge >= 0.3 is 6.09 Å². The van der Waals surface area contributed by atoms with E-state index < -0.39 is 17.6 Å². The first kappa shape index (κ1) is 22.3. The Morgan fingerprint density at radius 3 is 2.67 bits per heavy atom. The van der Waals surface area contributed by atoms with Gasteiger partial charge in [-0.25, -0.2) is 13.6 Å². The number of ether oxygens (including phenoxy) is 1. The number of hydrogen-bond acceptors (Lipinski definition) is 5. The van der Waals surface area contributed by atoms with E-state index in [1.165, 1.54) is 12.2 Å². The summed E-state index contributed by atoms with van der Waals surface area (Å²) in [4.78, 5) is 18.3. The molecule has 0 aromatic rings. The summed E-state index contributed by atoms with van der Waals surface area (Å²) in [6.07, 6.45) is 6.62. The minimum Gasteiger partial charge on any atom is -0.444 e. The fourth-order valence-electron chi connectivity index (χ4n) is 3.70. The Labute approximate surface area is 177 Å². The van der Waals surface area contributed by atoms with Crippen LogP contribution in [0.4, 0.5) is 13.6 Å². The molecule has 1 amide bonds. The van der Waals surface area contributed by atoms with Crippen molar-refractivity contribution in [2.24, 2.45) is 10.9 Å². The van der Waals surface area contributed by atoms with Gasteiger partial charge < -0.3 is 20.3 Å². The summed E-state index contributed by atoms with van der Waals surface area (Å²) < 4.78 is 32.4. The van der Waals surface area contributed by atoms with Crippen LogP contribution in [0, 0.1) is 5.92 Å². The number of carbonyl (C=O) groups excluding carboxylic acids is 1. The molecule has 2 aliphatic heterocycles. The van der Waals surface area contributed by atoms with E-state index in [2.05, 4.69) is 15.6 Å². The molecule has 0 spiro atoms. The average Bonchev–Trinajstić information content (AvgIpc) is 2.65. The molecule has 3 rings (SSSR count). The SMILES string of the molecule is CC(C)(C)OC(=O)N1CCC(CNC2=CC(NC3=CC(F)CC(F)=C3)CN=C2)CC1. The Kier molecular flexibility index (Phi) is 7.15. The number of likely N-dealkylation sites (tertiary alicyclic amines) is 1. The maximum absolute atomic E-state index is 13.5. The maximum Gasteiger partial charge on any atom is 0.410 e. The molecule has 166 valence electrons. The van der Waals surface area contributed by atoms with Gasteiger partial charge in [0.1, 0.15) is 17.6 Å². The van der Waals surface area contributed by atoms with Crippen molar-refractivity contribution in [2.75, 3.05) is 26.2 Å². The first-order chi connectivity index (χ1) is 14.2. The smallest absolute Gasteiger partial charge is 0.410 e. The second-order valence-electron chi connectivity index (χ2n) is 9.09. The van der Waals surface area contributed by atoms with Crippen molar-refractivity contribution in [3.63, 3.8) is 0 Å². The van der Waals surface area contributed by atoms with Gasteiger partial charge in [-0.2, -0.15) is 0 Å². The van der Waals surface area contributed by atoms with E-state index in [0.29, 0.717) is 31.2 Å². The molecule has 6 nitrogen and oxygen atoms in total. The van der Waals surface area contributed by atoms with Gasteiger partial charge in [0, 0.05) is 38.0 Å². The number of allylic oxidation sites excluding steroid dienone is 4. The third kappa shape index (κ3) is 6.85. The van der Waals surface area contributed by atoms with Crippen LogP contribution in [0.1, 0.15) is 40.0 Å². The van der Waals surface area contributed by atoms with Crippen LogP contribution < -0.4 is 10.6 Å². The number of nitrogens with one attached hydrogen (secondary N) is 2. The molecular formula is C22H32F2N4O2. The summed E-state index contributed by atoms with van der Waals surface area (Å²) in [5.41, 5.74) is 0.872. The van der Waals surface area contributed by atoms with Crippen molar-refractivity contribution in [3.05, 3.63) is 35.4 Å². The predicted molar refractivity (Wildman–Crippen MR) is 114 cm³/mol. The highest BCUT2D eigenvalue weighted by Gasteiger charge is 2.27. The van der Waals surface area contributed by atoms with Crippen molar-refractivity contribution in [3.8, 4) is 0 Å². The Morgan fingerprint density at radius 1 is 1.27 bits per heavy atom. The van der Waals surface area contributed by atoms with Gasteiger partial charge in [-0.1, -0.05) is 0 Å². The van der Waals surface area contributed by atoms with Gasteiger partial charge in [0.05, 0.1) is 18.3 Å². The van der Waals surface area contributed by atoms with Crippen LogP contribution in [0.15, 0.2) is 40.4 Å². The lowest BCUT2D eigenvalue weighted by Crippen LogP contribution is -2.43. The molecule has 2 N–H and O–H groups in total. The largest absolute Gasteiger partial charge is 0.444 e. The van der Waals surface area contributed by atoms with E-state index in [0.717, 1.165) is 25.1 Å². The van der Waals surface area contributed by atoms with Crippen LogP contribution in [0.5, 0.6) is 0 Å². The predicted octanol–water partition coefficient (Wildman–Crippen LogP) is 3.63. The first-order valence-electron chi connectivity index (χ1n) is 10.6. The summed E-state index contributed by atoms with van der Waals surface area (Å²) in [7, 11) is 0. The Bertz CT molecular complexity index is 747. The second-order valence-corrected chi connectivity index (χ2v) is 9.09. The lowest BCUT2D eigenvalue weighted by atomic mass is 9.97. The van der Waals surface area contributed by atoms with Crippen LogP contribution in [0.3, 0.4) is 0 Å². The Morgan fingerprint density at radius 2 is 2.00 bits per heavy atom. The molecule has 3 aliphatic rings.